The highest BCUT2D eigenvalue weighted by molar-refractivity contribution is 5.71. The van der Waals surface area contributed by atoms with Crippen molar-refractivity contribution >= 4 is 17.9 Å². The summed E-state index contributed by atoms with van der Waals surface area (Å²) in [4.78, 5) is 23.9. The minimum atomic E-state index is -0.608. The Bertz CT molecular complexity index is 1500. The quantitative estimate of drug-likeness (QED) is 0.299. The van der Waals surface area contributed by atoms with Crippen molar-refractivity contribution in [3.63, 3.8) is 0 Å². The smallest absolute Gasteiger partial charge is 0.411 e. The molecule has 0 radical (unpaired) electrons. The van der Waals surface area contributed by atoms with Gasteiger partial charge in [0, 0.05) is 18.9 Å². The maximum absolute atomic E-state index is 13.3. The third-order valence-corrected chi connectivity index (χ3v) is 6.54. The first kappa shape index (κ1) is 26.3. The van der Waals surface area contributed by atoms with Crippen molar-refractivity contribution < 1.29 is 19.0 Å². The third kappa shape index (κ3) is 5.90. The van der Waals surface area contributed by atoms with Crippen molar-refractivity contribution in [2.75, 3.05) is 13.7 Å². The number of aromatic nitrogens is 3. The van der Waals surface area contributed by atoms with Crippen LogP contribution in [0.1, 0.15) is 54.8 Å². The van der Waals surface area contributed by atoms with Crippen LogP contribution in [0.2, 0.25) is 0 Å². The Balaban J connectivity index is 1.51. The van der Waals surface area contributed by atoms with Crippen LogP contribution in [0.4, 0.5) is 4.79 Å². The standard InChI is InChI=1S/C31H34N4O4/c1-21-17-32-29-33-18-24(35(29)19-21)11-12-26-25-16-27(37-5)28(38-20-22-9-7-6-8-10-22)15-23(25)13-14-34(26)30(36)39-31(2,3)4/h6-12,15-19,26H,13-14,20H2,1-5H3/b12-11+. The number of methoxy groups -OCH3 is 1. The second-order valence-electron chi connectivity index (χ2n) is 10.7. The summed E-state index contributed by atoms with van der Waals surface area (Å²) in [5, 5.41) is 0. The monoisotopic (exact) mass is 526 g/mol. The number of carbonyl (C=O) groups is 1. The van der Waals surface area contributed by atoms with Crippen molar-refractivity contribution in [2.24, 2.45) is 0 Å². The lowest BCUT2D eigenvalue weighted by Gasteiger charge is -2.37. The van der Waals surface area contributed by atoms with Crippen LogP contribution in [0.3, 0.4) is 0 Å². The molecule has 2 aromatic carbocycles. The number of hydrogen-bond acceptors (Lipinski definition) is 6. The molecule has 1 amide bonds. The van der Waals surface area contributed by atoms with E-state index in [0.717, 1.165) is 27.9 Å². The van der Waals surface area contributed by atoms with E-state index >= 15 is 0 Å². The molecule has 3 heterocycles. The molecule has 8 nitrogen and oxygen atoms in total. The number of amides is 1. The summed E-state index contributed by atoms with van der Waals surface area (Å²) in [6.45, 7) is 8.56. The van der Waals surface area contributed by atoms with E-state index in [4.69, 9.17) is 14.2 Å². The fourth-order valence-corrected chi connectivity index (χ4v) is 4.70. The van der Waals surface area contributed by atoms with Crippen molar-refractivity contribution in [1.82, 2.24) is 19.3 Å². The number of aryl methyl sites for hydroxylation is 1. The van der Waals surface area contributed by atoms with E-state index in [2.05, 4.69) is 9.97 Å². The topological polar surface area (TPSA) is 78.2 Å². The number of nitrogens with zero attached hydrogens (tertiary/aromatic N) is 4. The van der Waals surface area contributed by atoms with Crippen LogP contribution >= 0.6 is 0 Å². The van der Waals surface area contributed by atoms with Gasteiger partial charge in [0.25, 0.3) is 0 Å². The van der Waals surface area contributed by atoms with Crippen LogP contribution < -0.4 is 9.47 Å². The van der Waals surface area contributed by atoms with Gasteiger partial charge in [-0.15, -0.1) is 0 Å². The molecule has 1 atom stereocenters. The summed E-state index contributed by atoms with van der Waals surface area (Å²) in [7, 11) is 1.63. The van der Waals surface area contributed by atoms with E-state index in [0.29, 0.717) is 36.8 Å². The molecule has 0 saturated heterocycles. The van der Waals surface area contributed by atoms with Crippen molar-refractivity contribution in [2.45, 2.75) is 52.4 Å². The summed E-state index contributed by atoms with van der Waals surface area (Å²) in [5.74, 6) is 1.91. The molecule has 0 saturated carbocycles. The minimum absolute atomic E-state index is 0.359. The Morgan fingerprint density at radius 1 is 1.10 bits per heavy atom. The number of imidazole rings is 1. The molecule has 5 rings (SSSR count). The first-order valence-electron chi connectivity index (χ1n) is 13.1. The summed E-state index contributed by atoms with van der Waals surface area (Å²) < 4.78 is 19.6. The lowest BCUT2D eigenvalue weighted by Crippen LogP contribution is -2.42. The predicted octanol–water partition coefficient (Wildman–Crippen LogP) is 6.17. The molecule has 1 aliphatic rings. The molecule has 4 aromatic rings. The van der Waals surface area contributed by atoms with Gasteiger partial charge in [0.2, 0.25) is 5.78 Å². The number of benzene rings is 2. The Labute approximate surface area is 228 Å². The zero-order valence-electron chi connectivity index (χ0n) is 23.0. The first-order chi connectivity index (χ1) is 18.7. The van der Waals surface area contributed by atoms with Crippen LogP contribution in [-0.2, 0) is 17.8 Å². The van der Waals surface area contributed by atoms with Gasteiger partial charge < -0.3 is 14.2 Å². The first-order valence-corrected chi connectivity index (χ1v) is 13.1. The summed E-state index contributed by atoms with van der Waals surface area (Å²) >= 11 is 0. The zero-order valence-corrected chi connectivity index (χ0v) is 23.0. The molecular weight excluding hydrogens is 492 g/mol. The van der Waals surface area contributed by atoms with Gasteiger partial charge in [-0.3, -0.25) is 9.30 Å². The van der Waals surface area contributed by atoms with E-state index in [-0.39, 0.29) is 12.1 Å². The van der Waals surface area contributed by atoms with Gasteiger partial charge in [0.15, 0.2) is 11.5 Å². The maximum Gasteiger partial charge on any atom is 0.411 e. The largest absolute Gasteiger partial charge is 0.493 e. The average Bonchev–Trinajstić information content (AvgIpc) is 3.31. The fraction of sp³-hybridized carbons (Fsp3) is 0.323. The highest BCUT2D eigenvalue weighted by Gasteiger charge is 2.33. The van der Waals surface area contributed by atoms with Crippen LogP contribution in [0.15, 0.2) is 67.1 Å². The average molecular weight is 527 g/mol. The molecular formula is C31H34N4O4. The van der Waals surface area contributed by atoms with Gasteiger partial charge in [0.05, 0.1) is 25.0 Å². The van der Waals surface area contributed by atoms with Crippen LogP contribution in [0.5, 0.6) is 11.5 Å². The highest BCUT2D eigenvalue weighted by Crippen LogP contribution is 2.40. The molecule has 1 aliphatic heterocycles. The fourth-order valence-electron chi connectivity index (χ4n) is 4.70. The Morgan fingerprint density at radius 2 is 1.87 bits per heavy atom. The number of rotatable bonds is 6. The Kier molecular flexibility index (Phi) is 7.28. The lowest BCUT2D eigenvalue weighted by atomic mass is 9.91. The molecule has 1 unspecified atom stereocenters. The van der Waals surface area contributed by atoms with Crippen molar-refractivity contribution in [1.29, 1.82) is 0 Å². The van der Waals surface area contributed by atoms with E-state index in [1.54, 1.807) is 24.4 Å². The number of fused-ring (bicyclic) bond motifs is 2. The normalized spacial score (nSPS) is 15.4. The van der Waals surface area contributed by atoms with E-state index < -0.39 is 5.60 Å². The number of carbonyl (C=O) groups excluding carboxylic acids is 1. The summed E-state index contributed by atoms with van der Waals surface area (Å²) in [6.07, 6.45) is 9.87. The molecule has 8 heteroatoms. The van der Waals surface area contributed by atoms with Gasteiger partial charge in [-0.25, -0.2) is 14.8 Å². The molecule has 39 heavy (non-hydrogen) atoms. The van der Waals surface area contributed by atoms with Crippen LogP contribution in [0.25, 0.3) is 11.9 Å². The minimum Gasteiger partial charge on any atom is -0.493 e. The zero-order chi connectivity index (χ0) is 27.6. The summed E-state index contributed by atoms with van der Waals surface area (Å²) in [6, 6.07) is 13.7. The van der Waals surface area contributed by atoms with Crippen molar-refractivity contribution in [3.05, 3.63) is 95.1 Å². The van der Waals surface area contributed by atoms with E-state index in [9.17, 15) is 4.79 Å². The molecule has 0 N–H and O–H groups in total. The van der Waals surface area contributed by atoms with Gasteiger partial charge in [0.1, 0.15) is 12.2 Å². The van der Waals surface area contributed by atoms with Gasteiger partial charge in [-0.05, 0) is 74.6 Å². The second-order valence-corrected chi connectivity index (χ2v) is 10.7. The lowest BCUT2D eigenvalue weighted by molar-refractivity contribution is 0.0185. The van der Waals surface area contributed by atoms with Crippen LogP contribution in [-0.4, -0.2) is 44.6 Å². The predicted molar refractivity (Wildman–Crippen MR) is 150 cm³/mol. The molecule has 0 spiro atoms. The van der Waals surface area contributed by atoms with Crippen LogP contribution in [0, 0.1) is 6.92 Å². The Hall–Kier alpha value is -4.33. The maximum atomic E-state index is 13.3. The van der Waals surface area contributed by atoms with Crippen molar-refractivity contribution in [3.8, 4) is 11.5 Å². The molecule has 202 valence electrons. The van der Waals surface area contributed by atoms with Gasteiger partial charge in [-0.2, -0.15) is 0 Å². The van der Waals surface area contributed by atoms with E-state index in [1.165, 1.54) is 0 Å². The third-order valence-electron chi connectivity index (χ3n) is 6.54. The SMILES string of the molecule is COc1cc2c(cc1OCc1ccccc1)CCN(C(=O)OC(C)(C)C)C2/C=C/c1cnc2ncc(C)cn12. The van der Waals surface area contributed by atoms with Gasteiger partial charge in [-0.1, -0.05) is 36.4 Å². The second kappa shape index (κ2) is 10.8. The molecule has 2 aromatic heterocycles. The summed E-state index contributed by atoms with van der Waals surface area (Å²) in [5.41, 5.74) is 4.43. The Morgan fingerprint density at radius 3 is 2.62 bits per heavy atom. The van der Waals surface area contributed by atoms with Gasteiger partial charge >= 0.3 is 6.09 Å². The molecule has 0 bridgehead atoms. The number of ether oxygens (including phenoxy) is 3. The molecule has 0 aliphatic carbocycles. The number of hydrogen-bond donors (Lipinski definition) is 0. The molecule has 0 fully saturated rings. The van der Waals surface area contributed by atoms with E-state index in [1.807, 2.05) is 92.9 Å². The highest BCUT2D eigenvalue weighted by atomic mass is 16.6.